The summed E-state index contributed by atoms with van der Waals surface area (Å²) in [4.78, 5) is 17.0. The summed E-state index contributed by atoms with van der Waals surface area (Å²) in [6.45, 7) is 11.2. The van der Waals surface area contributed by atoms with Crippen LogP contribution in [0.15, 0.2) is 49.1 Å². The van der Waals surface area contributed by atoms with Crippen LogP contribution in [0.1, 0.15) is 51.4 Å². The monoisotopic (exact) mass is 358 g/mol. The highest BCUT2D eigenvalue weighted by atomic mass is 14.8. The van der Waals surface area contributed by atoms with Crippen LogP contribution >= 0.6 is 0 Å². The molecule has 4 aromatic rings. The van der Waals surface area contributed by atoms with Gasteiger partial charge in [0.15, 0.2) is 0 Å². The van der Waals surface area contributed by atoms with Crippen LogP contribution in [0.2, 0.25) is 0 Å². The maximum absolute atomic E-state index is 4.80. The number of H-pyrrole nitrogens is 1. The molecule has 4 rings (SSSR count). The second kappa shape index (κ2) is 6.15. The number of pyridine rings is 3. The molecule has 0 bridgehead atoms. The second-order valence-corrected chi connectivity index (χ2v) is 8.96. The Morgan fingerprint density at radius 2 is 1.59 bits per heavy atom. The van der Waals surface area contributed by atoms with Crippen molar-refractivity contribution in [3.05, 3.63) is 65.9 Å². The van der Waals surface area contributed by atoms with E-state index in [4.69, 9.17) is 4.98 Å². The van der Waals surface area contributed by atoms with Crippen LogP contribution in [-0.4, -0.2) is 19.9 Å². The van der Waals surface area contributed by atoms with Crippen LogP contribution in [0.25, 0.3) is 21.9 Å². The van der Waals surface area contributed by atoms with Gasteiger partial charge in [0, 0.05) is 41.3 Å². The van der Waals surface area contributed by atoms with E-state index in [0.717, 1.165) is 28.7 Å². The Balaban J connectivity index is 1.74. The number of hydrogen-bond donors (Lipinski definition) is 1. The highest BCUT2D eigenvalue weighted by Crippen LogP contribution is 2.33. The Morgan fingerprint density at radius 1 is 0.852 bits per heavy atom. The fraction of sp³-hybridized carbons (Fsp3) is 0.348. The zero-order chi connectivity index (χ0) is 19.2. The fourth-order valence-electron chi connectivity index (χ4n) is 3.93. The van der Waals surface area contributed by atoms with Crippen molar-refractivity contribution in [1.29, 1.82) is 0 Å². The van der Waals surface area contributed by atoms with E-state index in [9.17, 15) is 0 Å². The molecule has 0 atom stereocenters. The summed E-state index contributed by atoms with van der Waals surface area (Å²) >= 11 is 0. The van der Waals surface area contributed by atoms with Gasteiger partial charge in [-0.3, -0.25) is 9.97 Å². The smallest absolute Gasteiger partial charge is 0.137 e. The predicted molar refractivity (Wildman–Crippen MR) is 111 cm³/mol. The van der Waals surface area contributed by atoms with E-state index < -0.39 is 0 Å². The van der Waals surface area contributed by atoms with Gasteiger partial charge in [0.05, 0.1) is 5.52 Å². The molecule has 0 saturated carbocycles. The summed E-state index contributed by atoms with van der Waals surface area (Å²) in [5, 5.41) is 2.32. The van der Waals surface area contributed by atoms with Crippen molar-refractivity contribution in [3.63, 3.8) is 0 Å². The van der Waals surface area contributed by atoms with Crippen molar-refractivity contribution in [2.75, 3.05) is 0 Å². The number of nitrogens with one attached hydrogen (secondary N) is 1. The van der Waals surface area contributed by atoms with Gasteiger partial charge in [-0.1, -0.05) is 34.6 Å². The summed E-state index contributed by atoms with van der Waals surface area (Å²) in [5.74, 6) is 0. The van der Waals surface area contributed by atoms with E-state index in [1.54, 1.807) is 0 Å². The third-order valence-corrected chi connectivity index (χ3v) is 5.30. The molecule has 0 saturated heterocycles. The van der Waals surface area contributed by atoms with Crippen LogP contribution in [-0.2, 0) is 17.3 Å². The molecule has 4 aromatic heterocycles. The maximum Gasteiger partial charge on any atom is 0.137 e. The van der Waals surface area contributed by atoms with Crippen LogP contribution in [0.4, 0.5) is 0 Å². The lowest BCUT2D eigenvalue weighted by atomic mass is 9.79. The first-order valence-electron chi connectivity index (χ1n) is 9.42. The third kappa shape index (κ3) is 3.20. The molecule has 0 spiro atoms. The molecule has 0 unspecified atom stereocenters. The van der Waals surface area contributed by atoms with Crippen molar-refractivity contribution in [1.82, 2.24) is 19.9 Å². The summed E-state index contributed by atoms with van der Waals surface area (Å²) in [6, 6.07) is 8.46. The molecule has 0 aliphatic carbocycles. The topological polar surface area (TPSA) is 54.5 Å². The molecule has 4 heterocycles. The summed E-state index contributed by atoms with van der Waals surface area (Å²) < 4.78 is 0. The fourth-order valence-corrected chi connectivity index (χ4v) is 3.93. The molecule has 0 aromatic carbocycles. The van der Waals surface area contributed by atoms with E-state index in [1.807, 2.05) is 24.8 Å². The molecular formula is C23H26N4. The number of aromatic nitrogens is 4. The van der Waals surface area contributed by atoms with Crippen LogP contribution in [0.5, 0.6) is 0 Å². The van der Waals surface area contributed by atoms with Gasteiger partial charge in [-0.25, -0.2) is 4.98 Å². The second-order valence-electron chi connectivity index (χ2n) is 8.96. The number of nitrogens with zero attached hydrogens (tertiary/aromatic N) is 3. The van der Waals surface area contributed by atoms with Gasteiger partial charge in [0.1, 0.15) is 5.65 Å². The van der Waals surface area contributed by atoms with E-state index in [-0.39, 0.29) is 10.8 Å². The van der Waals surface area contributed by atoms with Gasteiger partial charge in [0.25, 0.3) is 0 Å². The summed E-state index contributed by atoms with van der Waals surface area (Å²) in [6.07, 6.45) is 8.57. The van der Waals surface area contributed by atoms with Gasteiger partial charge < -0.3 is 4.98 Å². The van der Waals surface area contributed by atoms with Gasteiger partial charge in [0.2, 0.25) is 0 Å². The van der Waals surface area contributed by atoms with Crippen LogP contribution < -0.4 is 0 Å². The summed E-state index contributed by atoms with van der Waals surface area (Å²) in [5.41, 5.74) is 5.59. The van der Waals surface area contributed by atoms with Crippen molar-refractivity contribution in [2.45, 2.75) is 51.9 Å². The number of hydrogen-bond acceptors (Lipinski definition) is 3. The minimum absolute atomic E-state index is 0.0638. The Bertz CT molecular complexity index is 1120. The number of fused-ring (bicyclic) bond motifs is 2. The van der Waals surface area contributed by atoms with Crippen molar-refractivity contribution < 1.29 is 0 Å². The molecule has 138 valence electrons. The van der Waals surface area contributed by atoms with Crippen molar-refractivity contribution in [2.24, 2.45) is 0 Å². The molecule has 0 aliphatic rings. The van der Waals surface area contributed by atoms with E-state index in [1.165, 1.54) is 16.5 Å². The highest BCUT2D eigenvalue weighted by Gasteiger charge is 2.25. The Morgan fingerprint density at radius 3 is 2.37 bits per heavy atom. The average molecular weight is 358 g/mol. The minimum Gasteiger partial charge on any atom is -0.346 e. The molecular weight excluding hydrogens is 332 g/mol. The van der Waals surface area contributed by atoms with Crippen LogP contribution in [0.3, 0.4) is 0 Å². The number of rotatable bonds is 3. The minimum atomic E-state index is -0.0638. The van der Waals surface area contributed by atoms with Gasteiger partial charge in [-0.15, -0.1) is 0 Å². The third-order valence-electron chi connectivity index (χ3n) is 5.30. The number of aromatic amines is 1. The lowest BCUT2D eigenvalue weighted by molar-refractivity contribution is 0.519. The van der Waals surface area contributed by atoms with Gasteiger partial charge in [-0.05, 0) is 52.6 Å². The normalized spacial score (nSPS) is 12.8. The van der Waals surface area contributed by atoms with Gasteiger partial charge in [-0.2, -0.15) is 0 Å². The lowest BCUT2D eigenvalue weighted by Crippen LogP contribution is -2.21. The van der Waals surface area contributed by atoms with Crippen molar-refractivity contribution in [3.8, 4) is 0 Å². The molecule has 0 aliphatic heterocycles. The first kappa shape index (κ1) is 17.7. The standard InChI is InChI=1S/C23H26N4/c1-22(2,3)18-7-10-24-20-12-15(27-14-17(18)20)13-23(4,5)19-8-11-26-21-16(19)6-9-25-21/h6-12,14H,13H2,1-5H3,(H,25,26). The van der Waals surface area contributed by atoms with E-state index in [2.05, 4.69) is 73.8 Å². The maximum atomic E-state index is 4.80. The SMILES string of the molecule is CC(C)(C)c1ccnc2cc(CC(C)(C)c3ccnc4[nH]ccc34)ncc12. The van der Waals surface area contributed by atoms with Crippen molar-refractivity contribution >= 4 is 21.9 Å². The quantitative estimate of drug-likeness (QED) is 0.539. The van der Waals surface area contributed by atoms with Gasteiger partial charge >= 0.3 is 0 Å². The largest absolute Gasteiger partial charge is 0.346 e. The zero-order valence-corrected chi connectivity index (χ0v) is 16.7. The first-order chi connectivity index (χ1) is 12.8. The molecule has 1 N–H and O–H groups in total. The Labute approximate surface area is 160 Å². The Kier molecular flexibility index (Phi) is 4.02. The van der Waals surface area contributed by atoms with E-state index in [0.29, 0.717) is 0 Å². The predicted octanol–water partition coefficient (Wildman–Crippen LogP) is 5.32. The van der Waals surface area contributed by atoms with Crippen LogP contribution in [0, 0.1) is 0 Å². The molecule has 0 amide bonds. The molecule has 4 nitrogen and oxygen atoms in total. The average Bonchev–Trinajstić information content (AvgIpc) is 3.08. The molecule has 0 fully saturated rings. The molecule has 4 heteroatoms. The van der Waals surface area contributed by atoms with E-state index >= 15 is 0 Å². The Hall–Kier alpha value is -2.75. The lowest BCUT2D eigenvalue weighted by Gasteiger charge is -2.26. The molecule has 0 radical (unpaired) electrons. The summed E-state index contributed by atoms with van der Waals surface area (Å²) in [7, 11) is 0. The first-order valence-corrected chi connectivity index (χ1v) is 9.42. The highest BCUT2D eigenvalue weighted by molar-refractivity contribution is 5.83. The molecule has 27 heavy (non-hydrogen) atoms. The zero-order valence-electron chi connectivity index (χ0n) is 16.7.